The molecule has 1 aliphatic carbocycles. The van der Waals surface area contributed by atoms with Crippen molar-refractivity contribution in [3.63, 3.8) is 0 Å². The molecule has 0 radical (unpaired) electrons. The maximum atomic E-state index is 11.8. The molecule has 1 aliphatic rings. The van der Waals surface area contributed by atoms with Crippen LogP contribution in [0.4, 0.5) is 0 Å². The van der Waals surface area contributed by atoms with Crippen LogP contribution in [0.5, 0.6) is 0 Å². The van der Waals surface area contributed by atoms with Crippen molar-refractivity contribution in [3.05, 3.63) is 34.9 Å². The largest absolute Gasteiger partial charge is 0.299 e. The Hall–Kier alpha value is -1.11. The maximum absolute atomic E-state index is 11.8. The molecule has 0 bridgehead atoms. The molecule has 0 amide bonds. The molecule has 0 aliphatic heterocycles. The third-order valence-corrected chi connectivity index (χ3v) is 3.56. The third-order valence-electron chi connectivity index (χ3n) is 3.56. The van der Waals surface area contributed by atoms with E-state index in [1.165, 1.54) is 36.0 Å². The van der Waals surface area contributed by atoms with Crippen molar-refractivity contribution < 1.29 is 4.79 Å². The van der Waals surface area contributed by atoms with Crippen LogP contribution in [0.3, 0.4) is 0 Å². The van der Waals surface area contributed by atoms with Crippen LogP contribution in [0, 0.1) is 5.92 Å². The zero-order valence-corrected chi connectivity index (χ0v) is 11.0. The van der Waals surface area contributed by atoms with Crippen molar-refractivity contribution in [1.29, 1.82) is 0 Å². The molecule has 1 aromatic rings. The Labute approximate surface area is 104 Å². The molecule has 0 heterocycles. The second-order valence-corrected chi connectivity index (χ2v) is 5.60. The standard InChI is InChI=1S/C16H22O/c1-12(2)6-9-16(17)11-13-7-8-14-4-3-5-15(14)10-13/h7-8,10,12H,3-6,9,11H2,1-2H3. The smallest absolute Gasteiger partial charge is 0.137 e. The van der Waals surface area contributed by atoms with Gasteiger partial charge in [0.2, 0.25) is 0 Å². The normalized spacial score (nSPS) is 14.1. The van der Waals surface area contributed by atoms with Gasteiger partial charge < -0.3 is 0 Å². The fraction of sp³-hybridized carbons (Fsp3) is 0.562. The summed E-state index contributed by atoms with van der Waals surface area (Å²) in [6, 6.07) is 6.60. The predicted octanol–water partition coefficient (Wildman–Crippen LogP) is 3.72. The van der Waals surface area contributed by atoms with Crippen LogP contribution in [0.1, 0.15) is 49.8 Å². The fourth-order valence-corrected chi connectivity index (χ4v) is 2.50. The Balaban J connectivity index is 1.92. The van der Waals surface area contributed by atoms with Crippen LogP contribution >= 0.6 is 0 Å². The molecule has 1 nitrogen and oxygen atoms in total. The topological polar surface area (TPSA) is 17.1 Å². The van der Waals surface area contributed by atoms with Gasteiger partial charge in [-0.15, -0.1) is 0 Å². The van der Waals surface area contributed by atoms with Gasteiger partial charge >= 0.3 is 0 Å². The molecule has 0 fully saturated rings. The van der Waals surface area contributed by atoms with Gasteiger partial charge in [0.15, 0.2) is 0 Å². The summed E-state index contributed by atoms with van der Waals surface area (Å²) in [5.41, 5.74) is 4.17. The molecule has 1 aromatic carbocycles. The SMILES string of the molecule is CC(C)CCC(=O)Cc1ccc2c(c1)CCC2. The van der Waals surface area contributed by atoms with Gasteiger partial charge in [0, 0.05) is 12.8 Å². The lowest BCUT2D eigenvalue weighted by Gasteiger charge is -2.06. The Morgan fingerprint density at radius 3 is 2.76 bits per heavy atom. The maximum Gasteiger partial charge on any atom is 0.137 e. The molecule has 2 rings (SSSR count). The number of hydrogen-bond acceptors (Lipinski definition) is 1. The number of carbonyl (C=O) groups is 1. The summed E-state index contributed by atoms with van der Waals surface area (Å²) >= 11 is 0. The predicted molar refractivity (Wildman–Crippen MR) is 71.3 cm³/mol. The minimum Gasteiger partial charge on any atom is -0.299 e. The van der Waals surface area contributed by atoms with E-state index in [1.807, 2.05) is 0 Å². The zero-order chi connectivity index (χ0) is 12.3. The number of Topliss-reactive ketones (excluding diaryl/α,β-unsaturated/α-hetero) is 1. The van der Waals surface area contributed by atoms with Crippen molar-refractivity contribution in [2.24, 2.45) is 5.92 Å². The van der Waals surface area contributed by atoms with Crippen molar-refractivity contribution in [2.45, 2.75) is 52.4 Å². The molecule has 0 aromatic heterocycles. The number of aryl methyl sites for hydroxylation is 2. The lowest BCUT2D eigenvalue weighted by molar-refractivity contribution is -0.118. The Bertz CT molecular complexity index is 404. The van der Waals surface area contributed by atoms with Crippen LogP contribution in [0.25, 0.3) is 0 Å². The minimum atomic E-state index is 0.386. The summed E-state index contributed by atoms with van der Waals surface area (Å²) in [6.07, 6.45) is 6.07. The molecule has 0 saturated heterocycles. The van der Waals surface area contributed by atoms with Gasteiger partial charge in [-0.3, -0.25) is 4.79 Å². The quantitative estimate of drug-likeness (QED) is 0.753. The summed E-state index contributed by atoms with van der Waals surface area (Å²) in [5.74, 6) is 1.01. The number of benzene rings is 1. The third kappa shape index (κ3) is 3.42. The molecule has 0 spiro atoms. The molecular formula is C16H22O. The number of carbonyl (C=O) groups excluding carboxylic acids is 1. The Kier molecular flexibility index (Phi) is 3.98. The van der Waals surface area contributed by atoms with Gasteiger partial charge in [-0.1, -0.05) is 32.0 Å². The second kappa shape index (κ2) is 5.48. The first-order chi connectivity index (χ1) is 8.15. The Morgan fingerprint density at radius 1 is 1.24 bits per heavy atom. The lowest BCUT2D eigenvalue weighted by Crippen LogP contribution is -2.04. The zero-order valence-electron chi connectivity index (χ0n) is 11.0. The first-order valence-corrected chi connectivity index (χ1v) is 6.77. The van der Waals surface area contributed by atoms with Gasteiger partial charge in [0.1, 0.15) is 5.78 Å². The van der Waals surface area contributed by atoms with Crippen molar-refractivity contribution >= 4 is 5.78 Å². The highest BCUT2D eigenvalue weighted by Crippen LogP contribution is 2.23. The van der Waals surface area contributed by atoms with E-state index in [0.717, 1.165) is 12.8 Å². The summed E-state index contributed by atoms with van der Waals surface area (Å²) in [7, 11) is 0. The molecule has 0 atom stereocenters. The summed E-state index contributed by atoms with van der Waals surface area (Å²) in [4.78, 5) is 11.8. The van der Waals surface area contributed by atoms with E-state index in [4.69, 9.17) is 0 Å². The highest BCUT2D eigenvalue weighted by Gasteiger charge is 2.12. The first kappa shape index (κ1) is 12.3. The number of hydrogen-bond donors (Lipinski definition) is 0. The van der Waals surface area contributed by atoms with E-state index in [-0.39, 0.29) is 0 Å². The second-order valence-electron chi connectivity index (χ2n) is 5.60. The first-order valence-electron chi connectivity index (χ1n) is 6.77. The number of fused-ring (bicyclic) bond motifs is 1. The highest BCUT2D eigenvalue weighted by molar-refractivity contribution is 5.80. The molecule has 17 heavy (non-hydrogen) atoms. The summed E-state index contributed by atoms with van der Waals surface area (Å²) in [6.45, 7) is 4.34. The van der Waals surface area contributed by atoms with E-state index >= 15 is 0 Å². The highest BCUT2D eigenvalue weighted by atomic mass is 16.1. The van der Waals surface area contributed by atoms with Gasteiger partial charge in [-0.25, -0.2) is 0 Å². The van der Waals surface area contributed by atoms with Crippen molar-refractivity contribution in [1.82, 2.24) is 0 Å². The Morgan fingerprint density at radius 2 is 2.00 bits per heavy atom. The van der Waals surface area contributed by atoms with Crippen LogP contribution in [0.15, 0.2) is 18.2 Å². The molecule has 1 heteroatoms. The van der Waals surface area contributed by atoms with Crippen LogP contribution in [-0.4, -0.2) is 5.78 Å². The van der Waals surface area contributed by atoms with Crippen molar-refractivity contribution in [3.8, 4) is 0 Å². The van der Waals surface area contributed by atoms with E-state index in [9.17, 15) is 4.79 Å². The monoisotopic (exact) mass is 230 g/mol. The van der Waals surface area contributed by atoms with Crippen LogP contribution < -0.4 is 0 Å². The molecule has 0 N–H and O–H groups in total. The molecule has 0 unspecified atom stereocenters. The van der Waals surface area contributed by atoms with Gasteiger partial charge in [0.25, 0.3) is 0 Å². The average molecular weight is 230 g/mol. The van der Waals surface area contributed by atoms with Crippen molar-refractivity contribution in [2.75, 3.05) is 0 Å². The van der Waals surface area contributed by atoms with Crippen LogP contribution in [-0.2, 0) is 24.1 Å². The molecule has 92 valence electrons. The van der Waals surface area contributed by atoms with E-state index in [0.29, 0.717) is 18.1 Å². The van der Waals surface area contributed by atoms with E-state index in [2.05, 4.69) is 32.0 Å². The minimum absolute atomic E-state index is 0.386. The van der Waals surface area contributed by atoms with Gasteiger partial charge in [0.05, 0.1) is 0 Å². The van der Waals surface area contributed by atoms with Gasteiger partial charge in [-0.2, -0.15) is 0 Å². The summed E-state index contributed by atoms with van der Waals surface area (Å²) in [5, 5.41) is 0. The number of ketones is 1. The fourth-order valence-electron chi connectivity index (χ4n) is 2.50. The average Bonchev–Trinajstić information content (AvgIpc) is 2.73. The summed E-state index contributed by atoms with van der Waals surface area (Å²) < 4.78 is 0. The van der Waals surface area contributed by atoms with Crippen LogP contribution in [0.2, 0.25) is 0 Å². The molecule has 0 saturated carbocycles. The van der Waals surface area contributed by atoms with E-state index < -0.39 is 0 Å². The lowest BCUT2D eigenvalue weighted by atomic mass is 9.99. The van der Waals surface area contributed by atoms with Gasteiger partial charge in [-0.05, 0) is 48.3 Å². The van der Waals surface area contributed by atoms with E-state index in [1.54, 1.807) is 0 Å². The molecular weight excluding hydrogens is 208 g/mol. The number of rotatable bonds is 5.